The number of carbonyl (C=O) groups is 3. The SMILES string of the molecule is CC1CCCCC12NC(=O)N(CC(=O)N1CCN(CCOc3ccccc3)CC1)C2=O. The fourth-order valence-electron chi connectivity index (χ4n) is 4.90. The van der Waals surface area contributed by atoms with Crippen molar-refractivity contribution < 1.29 is 19.1 Å². The molecule has 2 atom stereocenters. The van der Waals surface area contributed by atoms with Gasteiger partial charge >= 0.3 is 6.03 Å². The van der Waals surface area contributed by atoms with Crippen molar-refractivity contribution in [3.8, 4) is 5.75 Å². The Morgan fingerprint density at radius 2 is 1.87 bits per heavy atom. The Hall–Kier alpha value is -2.61. The van der Waals surface area contributed by atoms with Gasteiger partial charge in [0.05, 0.1) is 0 Å². The van der Waals surface area contributed by atoms with E-state index in [0.29, 0.717) is 26.1 Å². The lowest BCUT2D eigenvalue weighted by molar-refractivity contribution is -0.141. The van der Waals surface area contributed by atoms with Crippen molar-refractivity contribution in [3.05, 3.63) is 30.3 Å². The zero-order valence-electron chi connectivity index (χ0n) is 18.2. The molecule has 1 spiro atoms. The molecule has 2 heterocycles. The molecule has 1 N–H and O–H groups in total. The summed E-state index contributed by atoms with van der Waals surface area (Å²) in [6, 6.07) is 9.29. The van der Waals surface area contributed by atoms with Crippen molar-refractivity contribution in [2.24, 2.45) is 5.92 Å². The molecule has 0 radical (unpaired) electrons. The summed E-state index contributed by atoms with van der Waals surface area (Å²) in [5.74, 6) is 0.563. The number of imide groups is 1. The maximum atomic E-state index is 13.1. The maximum absolute atomic E-state index is 13.1. The Kier molecular flexibility index (Phi) is 6.46. The third-order valence-corrected chi connectivity index (χ3v) is 6.94. The second-order valence-corrected chi connectivity index (χ2v) is 8.82. The van der Waals surface area contributed by atoms with Crippen molar-refractivity contribution in [2.75, 3.05) is 45.9 Å². The summed E-state index contributed by atoms with van der Waals surface area (Å²) >= 11 is 0. The number of hydrogen-bond donors (Lipinski definition) is 1. The number of carbonyl (C=O) groups excluding carboxylic acids is 3. The number of piperazine rings is 1. The van der Waals surface area contributed by atoms with Gasteiger partial charge in [-0.05, 0) is 30.9 Å². The van der Waals surface area contributed by atoms with Crippen LogP contribution in [0.5, 0.6) is 5.75 Å². The van der Waals surface area contributed by atoms with Crippen molar-refractivity contribution in [1.29, 1.82) is 0 Å². The molecule has 1 aliphatic carbocycles. The summed E-state index contributed by atoms with van der Waals surface area (Å²) in [6.45, 7) is 5.94. The predicted octanol–water partition coefficient (Wildman–Crippen LogP) is 1.71. The number of rotatable bonds is 6. The zero-order chi connectivity index (χ0) is 21.8. The molecule has 2 unspecified atom stereocenters. The second kappa shape index (κ2) is 9.26. The standard InChI is InChI=1S/C23H32N4O4/c1-18-7-5-6-10-23(18)21(29)27(22(30)24-23)17-20(28)26-13-11-25(12-14-26)15-16-31-19-8-3-2-4-9-19/h2-4,8-9,18H,5-7,10-17H2,1H3,(H,24,30). The Morgan fingerprint density at radius 1 is 1.13 bits per heavy atom. The summed E-state index contributed by atoms with van der Waals surface area (Å²) in [5.41, 5.74) is -0.812. The van der Waals surface area contributed by atoms with Gasteiger partial charge in [0.25, 0.3) is 5.91 Å². The predicted molar refractivity (Wildman–Crippen MR) is 116 cm³/mol. The molecule has 8 nitrogen and oxygen atoms in total. The number of ether oxygens (including phenoxy) is 1. The molecular formula is C23H32N4O4. The van der Waals surface area contributed by atoms with Crippen LogP contribution in [0.15, 0.2) is 30.3 Å². The largest absolute Gasteiger partial charge is 0.492 e. The Bertz CT molecular complexity index is 809. The molecule has 2 saturated heterocycles. The normalized spacial score (nSPS) is 26.9. The molecule has 1 saturated carbocycles. The van der Waals surface area contributed by atoms with Gasteiger partial charge in [0.2, 0.25) is 5.91 Å². The van der Waals surface area contributed by atoms with Crippen LogP contribution in [0.3, 0.4) is 0 Å². The van der Waals surface area contributed by atoms with Crippen LogP contribution in [-0.4, -0.2) is 84.0 Å². The van der Waals surface area contributed by atoms with E-state index in [-0.39, 0.29) is 24.3 Å². The third kappa shape index (κ3) is 4.54. The Morgan fingerprint density at radius 3 is 2.58 bits per heavy atom. The summed E-state index contributed by atoms with van der Waals surface area (Å²) in [7, 11) is 0. The first-order valence-corrected chi connectivity index (χ1v) is 11.3. The lowest BCUT2D eigenvalue weighted by Gasteiger charge is -2.37. The molecule has 0 bridgehead atoms. The first kappa shape index (κ1) is 21.6. The number of benzene rings is 1. The molecule has 8 heteroatoms. The van der Waals surface area contributed by atoms with E-state index in [2.05, 4.69) is 10.2 Å². The fourth-order valence-corrected chi connectivity index (χ4v) is 4.90. The van der Waals surface area contributed by atoms with Crippen LogP contribution in [0, 0.1) is 5.92 Å². The van der Waals surface area contributed by atoms with Crippen molar-refractivity contribution in [3.63, 3.8) is 0 Å². The van der Waals surface area contributed by atoms with Gasteiger partial charge < -0.3 is 15.0 Å². The van der Waals surface area contributed by atoms with Gasteiger partial charge in [0, 0.05) is 32.7 Å². The molecule has 1 aromatic carbocycles. The smallest absolute Gasteiger partial charge is 0.325 e. The molecule has 1 aromatic rings. The number of nitrogens with zero attached hydrogens (tertiary/aromatic N) is 3. The van der Waals surface area contributed by atoms with Gasteiger partial charge in [0.15, 0.2) is 0 Å². The lowest BCUT2D eigenvalue weighted by atomic mass is 9.73. The van der Waals surface area contributed by atoms with E-state index in [9.17, 15) is 14.4 Å². The van der Waals surface area contributed by atoms with Crippen molar-refractivity contribution >= 4 is 17.8 Å². The average molecular weight is 429 g/mol. The van der Waals surface area contributed by atoms with Gasteiger partial charge in [-0.2, -0.15) is 0 Å². The molecule has 4 rings (SSSR count). The lowest BCUT2D eigenvalue weighted by Crippen LogP contribution is -2.55. The van der Waals surface area contributed by atoms with E-state index < -0.39 is 11.6 Å². The van der Waals surface area contributed by atoms with Gasteiger partial charge in [-0.1, -0.05) is 38.0 Å². The fraction of sp³-hybridized carbons (Fsp3) is 0.609. The highest BCUT2D eigenvalue weighted by Crippen LogP contribution is 2.38. The summed E-state index contributed by atoms with van der Waals surface area (Å²) in [6.07, 6.45) is 3.58. The van der Waals surface area contributed by atoms with Crippen LogP contribution in [0.1, 0.15) is 32.6 Å². The van der Waals surface area contributed by atoms with Gasteiger partial charge in [-0.3, -0.25) is 19.4 Å². The Labute approximate surface area is 183 Å². The second-order valence-electron chi connectivity index (χ2n) is 8.82. The quantitative estimate of drug-likeness (QED) is 0.698. The Balaban J connectivity index is 1.24. The van der Waals surface area contributed by atoms with E-state index >= 15 is 0 Å². The first-order chi connectivity index (χ1) is 15.0. The highest BCUT2D eigenvalue weighted by Gasteiger charge is 2.55. The number of urea groups is 1. The molecule has 0 aromatic heterocycles. The molecular weight excluding hydrogens is 396 g/mol. The molecule has 31 heavy (non-hydrogen) atoms. The minimum Gasteiger partial charge on any atom is -0.492 e. The number of nitrogens with one attached hydrogen (secondary N) is 1. The van der Waals surface area contributed by atoms with Crippen LogP contribution >= 0.6 is 0 Å². The number of amides is 4. The highest BCUT2D eigenvalue weighted by atomic mass is 16.5. The molecule has 4 amide bonds. The third-order valence-electron chi connectivity index (χ3n) is 6.94. The van der Waals surface area contributed by atoms with Crippen LogP contribution < -0.4 is 10.1 Å². The van der Waals surface area contributed by atoms with Crippen molar-refractivity contribution in [2.45, 2.75) is 38.1 Å². The average Bonchev–Trinajstić information content (AvgIpc) is 3.02. The highest BCUT2D eigenvalue weighted by molar-refractivity contribution is 6.09. The summed E-state index contributed by atoms with van der Waals surface area (Å²) in [5, 5.41) is 2.92. The van der Waals surface area contributed by atoms with E-state index in [1.54, 1.807) is 4.90 Å². The van der Waals surface area contributed by atoms with Crippen LogP contribution in [-0.2, 0) is 9.59 Å². The monoisotopic (exact) mass is 428 g/mol. The summed E-state index contributed by atoms with van der Waals surface area (Å²) in [4.78, 5) is 43.5. The molecule has 2 aliphatic heterocycles. The minimum atomic E-state index is -0.812. The van der Waals surface area contributed by atoms with E-state index in [1.165, 1.54) is 0 Å². The van der Waals surface area contributed by atoms with E-state index in [4.69, 9.17) is 4.74 Å². The van der Waals surface area contributed by atoms with Gasteiger partial charge in [0.1, 0.15) is 24.4 Å². The van der Waals surface area contributed by atoms with Crippen LogP contribution in [0.2, 0.25) is 0 Å². The van der Waals surface area contributed by atoms with Crippen LogP contribution in [0.4, 0.5) is 4.79 Å². The topological polar surface area (TPSA) is 82.2 Å². The van der Waals surface area contributed by atoms with Gasteiger partial charge in [-0.25, -0.2) is 4.79 Å². The number of hydrogen-bond acceptors (Lipinski definition) is 5. The zero-order valence-corrected chi connectivity index (χ0v) is 18.2. The number of para-hydroxylation sites is 1. The molecule has 3 aliphatic rings. The van der Waals surface area contributed by atoms with E-state index in [1.807, 2.05) is 37.3 Å². The van der Waals surface area contributed by atoms with E-state index in [0.717, 1.165) is 49.5 Å². The van der Waals surface area contributed by atoms with Gasteiger partial charge in [-0.15, -0.1) is 0 Å². The first-order valence-electron chi connectivity index (χ1n) is 11.3. The molecule has 3 fully saturated rings. The molecule has 168 valence electrons. The van der Waals surface area contributed by atoms with Crippen LogP contribution in [0.25, 0.3) is 0 Å². The summed E-state index contributed by atoms with van der Waals surface area (Å²) < 4.78 is 5.75. The minimum absolute atomic E-state index is 0.0967. The van der Waals surface area contributed by atoms with Crippen molar-refractivity contribution in [1.82, 2.24) is 20.0 Å². The maximum Gasteiger partial charge on any atom is 0.325 e.